The number of hydrogen-bond acceptors (Lipinski definition) is 2. The van der Waals surface area contributed by atoms with Crippen molar-refractivity contribution in [3.05, 3.63) is 48.5 Å². The molecule has 1 aliphatic heterocycles. The van der Waals surface area contributed by atoms with Gasteiger partial charge in [-0.3, -0.25) is 4.98 Å². The highest BCUT2D eigenvalue weighted by Gasteiger charge is 2.29. The molecule has 4 aromatic heterocycles. The lowest BCUT2D eigenvalue weighted by Crippen LogP contribution is -2.30. The van der Waals surface area contributed by atoms with Crippen molar-refractivity contribution in [2.75, 3.05) is 0 Å². The van der Waals surface area contributed by atoms with Crippen LogP contribution in [0.4, 0.5) is 0 Å². The van der Waals surface area contributed by atoms with Crippen LogP contribution in [0.5, 0.6) is 0 Å². The summed E-state index contributed by atoms with van der Waals surface area (Å²) in [6, 6.07) is 6.18. The van der Waals surface area contributed by atoms with Crippen LogP contribution in [-0.2, 0) is 13.6 Å². The smallest absolute Gasteiger partial charge is 0.264 e. The molecule has 0 radical (unpaired) electrons. The third kappa shape index (κ3) is 1.02. The second-order valence-corrected chi connectivity index (χ2v) is 5.21. The molecular formula is C15H12N5+. The van der Waals surface area contributed by atoms with Gasteiger partial charge in [0.2, 0.25) is 0 Å². The van der Waals surface area contributed by atoms with Gasteiger partial charge in [0.1, 0.15) is 5.69 Å². The lowest BCUT2D eigenvalue weighted by molar-refractivity contribution is -0.623. The van der Waals surface area contributed by atoms with Crippen LogP contribution in [0, 0.1) is 0 Å². The molecule has 0 aliphatic carbocycles. The van der Waals surface area contributed by atoms with Gasteiger partial charge in [0.05, 0.1) is 26.0 Å². The Labute approximate surface area is 114 Å². The Hall–Kier alpha value is -2.69. The molecule has 5 rings (SSSR count). The van der Waals surface area contributed by atoms with Crippen molar-refractivity contribution >= 4 is 16.9 Å². The Morgan fingerprint density at radius 2 is 2.20 bits per heavy atom. The van der Waals surface area contributed by atoms with E-state index in [9.17, 15) is 0 Å². The number of pyridine rings is 2. The van der Waals surface area contributed by atoms with Gasteiger partial charge in [0, 0.05) is 18.0 Å². The first kappa shape index (κ1) is 10.1. The molecule has 0 N–H and O–H groups in total. The number of imidazole rings is 2. The van der Waals surface area contributed by atoms with Gasteiger partial charge in [0.25, 0.3) is 5.65 Å². The van der Waals surface area contributed by atoms with Gasteiger partial charge in [-0.25, -0.2) is 13.5 Å². The quantitative estimate of drug-likeness (QED) is 0.397. The zero-order valence-corrected chi connectivity index (χ0v) is 11.0. The van der Waals surface area contributed by atoms with Crippen molar-refractivity contribution in [3.8, 4) is 11.3 Å². The molecule has 0 saturated heterocycles. The lowest BCUT2D eigenvalue weighted by Gasteiger charge is -1.94. The zero-order valence-electron chi connectivity index (χ0n) is 11.0. The molecule has 1 aliphatic rings. The largest absolute Gasteiger partial charge is 0.329 e. The minimum atomic E-state index is 0.897. The Morgan fingerprint density at radius 3 is 3.15 bits per heavy atom. The molecule has 0 aromatic carbocycles. The van der Waals surface area contributed by atoms with E-state index in [1.807, 2.05) is 24.7 Å². The van der Waals surface area contributed by atoms with E-state index in [2.05, 4.69) is 48.9 Å². The van der Waals surface area contributed by atoms with E-state index in [-0.39, 0.29) is 0 Å². The van der Waals surface area contributed by atoms with E-state index in [1.165, 1.54) is 16.8 Å². The number of aryl methyl sites for hydroxylation is 1. The third-order valence-corrected chi connectivity index (χ3v) is 4.16. The maximum absolute atomic E-state index is 4.48. The summed E-state index contributed by atoms with van der Waals surface area (Å²) in [6.45, 7) is 0.897. The summed E-state index contributed by atoms with van der Waals surface area (Å²) in [6.07, 6.45) is 7.84. The Kier molecular flexibility index (Phi) is 1.65. The SMILES string of the molecule is C[n+]1c2ncccc2n2cc3n(c21)Cc1ccncc1-3. The molecular weight excluding hydrogens is 250 g/mol. The van der Waals surface area contributed by atoms with Crippen molar-refractivity contribution < 1.29 is 4.57 Å². The fraction of sp³-hybridized carbons (Fsp3) is 0.133. The fourth-order valence-electron chi connectivity index (χ4n) is 3.27. The molecule has 0 atom stereocenters. The first-order chi connectivity index (χ1) is 9.84. The van der Waals surface area contributed by atoms with Crippen molar-refractivity contribution in [1.82, 2.24) is 18.9 Å². The first-order valence-corrected chi connectivity index (χ1v) is 6.62. The topological polar surface area (TPSA) is 39.0 Å². The van der Waals surface area contributed by atoms with Gasteiger partial charge in [-0.2, -0.15) is 0 Å². The van der Waals surface area contributed by atoms with Crippen LogP contribution in [0.1, 0.15) is 5.56 Å². The molecule has 0 unspecified atom stereocenters. The number of aromatic nitrogens is 5. The molecule has 5 heteroatoms. The summed E-state index contributed by atoms with van der Waals surface area (Å²) in [5, 5.41) is 0. The second kappa shape index (κ2) is 3.25. The van der Waals surface area contributed by atoms with Gasteiger partial charge in [-0.1, -0.05) is 0 Å². The van der Waals surface area contributed by atoms with Crippen LogP contribution in [0.2, 0.25) is 0 Å². The normalized spacial score (nSPS) is 13.1. The average molecular weight is 262 g/mol. The van der Waals surface area contributed by atoms with Crippen molar-refractivity contribution in [2.24, 2.45) is 7.05 Å². The summed E-state index contributed by atoms with van der Waals surface area (Å²) in [7, 11) is 2.07. The van der Waals surface area contributed by atoms with Gasteiger partial charge in [-0.15, -0.1) is 4.98 Å². The summed E-state index contributed by atoms with van der Waals surface area (Å²) < 4.78 is 6.69. The van der Waals surface area contributed by atoms with Crippen LogP contribution in [-0.4, -0.2) is 18.9 Å². The van der Waals surface area contributed by atoms with Crippen LogP contribution < -0.4 is 4.57 Å². The standard InChI is InChI=1S/C15H12N5/c1-18-14-12(3-2-5-17-14)20-9-13-11-7-16-6-4-10(11)8-19(13)15(18)20/h2-7,9H,8H2,1H3/q+1. The number of fused-ring (bicyclic) bond motifs is 7. The van der Waals surface area contributed by atoms with E-state index < -0.39 is 0 Å². The fourth-order valence-corrected chi connectivity index (χ4v) is 3.27. The van der Waals surface area contributed by atoms with Gasteiger partial charge >= 0.3 is 5.78 Å². The van der Waals surface area contributed by atoms with Crippen molar-refractivity contribution in [2.45, 2.75) is 6.54 Å². The summed E-state index contributed by atoms with van der Waals surface area (Å²) in [5.41, 5.74) is 5.93. The molecule has 0 fully saturated rings. The molecule has 5 heterocycles. The number of nitrogens with zero attached hydrogens (tertiary/aromatic N) is 5. The molecule has 0 spiro atoms. The average Bonchev–Trinajstić information content (AvgIpc) is 3.09. The van der Waals surface area contributed by atoms with Crippen LogP contribution in [0.25, 0.3) is 28.2 Å². The maximum atomic E-state index is 4.48. The van der Waals surface area contributed by atoms with E-state index in [0.717, 1.165) is 23.5 Å². The highest BCUT2D eigenvalue weighted by atomic mass is 15.3. The number of rotatable bonds is 0. The van der Waals surface area contributed by atoms with Crippen molar-refractivity contribution in [1.29, 1.82) is 0 Å². The Bertz CT molecular complexity index is 992. The molecule has 96 valence electrons. The monoisotopic (exact) mass is 262 g/mol. The van der Waals surface area contributed by atoms with E-state index in [0.29, 0.717) is 0 Å². The molecule has 0 bridgehead atoms. The summed E-state index contributed by atoms with van der Waals surface area (Å²) in [4.78, 5) is 8.73. The Balaban J connectivity index is 1.97. The van der Waals surface area contributed by atoms with Crippen LogP contribution in [0.15, 0.2) is 43.0 Å². The van der Waals surface area contributed by atoms with E-state index in [1.54, 1.807) is 0 Å². The minimum absolute atomic E-state index is 0.897. The molecule has 0 amide bonds. The van der Waals surface area contributed by atoms with E-state index in [4.69, 9.17) is 0 Å². The highest BCUT2D eigenvalue weighted by molar-refractivity contribution is 5.76. The lowest BCUT2D eigenvalue weighted by atomic mass is 10.1. The van der Waals surface area contributed by atoms with Gasteiger partial charge < -0.3 is 0 Å². The maximum Gasteiger partial charge on any atom is 0.329 e. The van der Waals surface area contributed by atoms with E-state index >= 15 is 0 Å². The molecule has 4 aromatic rings. The predicted octanol–water partition coefficient (Wildman–Crippen LogP) is 1.54. The van der Waals surface area contributed by atoms with Crippen LogP contribution in [0.3, 0.4) is 0 Å². The molecule has 20 heavy (non-hydrogen) atoms. The van der Waals surface area contributed by atoms with Gasteiger partial charge in [-0.05, 0) is 23.8 Å². The molecule has 0 saturated carbocycles. The highest BCUT2D eigenvalue weighted by Crippen LogP contribution is 2.33. The minimum Gasteiger partial charge on any atom is -0.264 e. The van der Waals surface area contributed by atoms with Crippen LogP contribution >= 0.6 is 0 Å². The van der Waals surface area contributed by atoms with Gasteiger partial charge in [0.15, 0.2) is 5.52 Å². The Morgan fingerprint density at radius 1 is 1.25 bits per heavy atom. The molecule has 5 nitrogen and oxygen atoms in total. The first-order valence-electron chi connectivity index (χ1n) is 6.62. The predicted molar refractivity (Wildman–Crippen MR) is 74.2 cm³/mol. The second-order valence-electron chi connectivity index (χ2n) is 5.21. The summed E-state index contributed by atoms with van der Waals surface area (Å²) >= 11 is 0. The number of hydrogen-bond donors (Lipinski definition) is 0. The van der Waals surface area contributed by atoms with Crippen molar-refractivity contribution in [3.63, 3.8) is 0 Å². The third-order valence-electron chi connectivity index (χ3n) is 4.16. The summed E-state index contributed by atoms with van der Waals surface area (Å²) in [5.74, 6) is 1.16. The zero-order chi connectivity index (χ0) is 13.3.